The molecule has 4 nitrogen and oxygen atoms in total. The lowest BCUT2D eigenvalue weighted by Gasteiger charge is -2.23. The molecule has 130 valence electrons. The molecular formula is C18H29ClN2O2. The van der Waals surface area contributed by atoms with E-state index < -0.39 is 0 Å². The van der Waals surface area contributed by atoms with Crippen LogP contribution in [0.4, 0.5) is 0 Å². The predicted octanol–water partition coefficient (Wildman–Crippen LogP) is 3.46. The molecule has 1 atom stereocenters. The fourth-order valence-electron chi connectivity index (χ4n) is 2.86. The number of carbonyl (C=O) groups is 1. The van der Waals surface area contributed by atoms with E-state index in [2.05, 4.69) is 10.6 Å². The summed E-state index contributed by atoms with van der Waals surface area (Å²) in [6.07, 6.45) is 2.98. The number of nitrogens with one attached hydrogen (secondary N) is 2. The van der Waals surface area contributed by atoms with E-state index in [9.17, 15) is 4.79 Å². The molecule has 0 aromatic heterocycles. The average molecular weight is 341 g/mol. The molecule has 1 aliphatic rings. The molecule has 5 heteroatoms. The lowest BCUT2D eigenvalue weighted by molar-refractivity contribution is -0.122. The van der Waals surface area contributed by atoms with E-state index in [1.807, 2.05) is 45.0 Å². The Morgan fingerprint density at radius 3 is 2.65 bits per heavy atom. The molecular weight excluding hydrogens is 312 g/mol. The Labute approximate surface area is 145 Å². The van der Waals surface area contributed by atoms with E-state index in [0.29, 0.717) is 12.3 Å². The zero-order chi connectivity index (χ0) is 15.9. The third-order valence-corrected chi connectivity index (χ3v) is 4.04. The van der Waals surface area contributed by atoms with Gasteiger partial charge in [-0.1, -0.05) is 12.1 Å². The summed E-state index contributed by atoms with van der Waals surface area (Å²) < 4.78 is 5.71. The number of benzene rings is 1. The quantitative estimate of drug-likeness (QED) is 0.833. The molecule has 23 heavy (non-hydrogen) atoms. The minimum atomic E-state index is 0. The van der Waals surface area contributed by atoms with Crippen molar-refractivity contribution in [3.63, 3.8) is 0 Å². The molecule has 1 saturated heterocycles. The Kier molecular flexibility index (Phi) is 8.42. The molecule has 1 heterocycles. The van der Waals surface area contributed by atoms with E-state index in [4.69, 9.17) is 4.74 Å². The smallest absolute Gasteiger partial charge is 0.220 e. The summed E-state index contributed by atoms with van der Waals surface area (Å²) in [5.41, 5.74) is 1.08. The molecule has 0 radical (unpaired) electrons. The number of amides is 1. The zero-order valence-corrected chi connectivity index (χ0v) is 15.1. The van der Waals surface area contributed by atoms with Gasteiger partial charge in [0.15, 0.2) is 0 Å². The second-order valence-electron chi connectivity index (χ2n) is 6.43. The van der Waals surface area contributed by atoms with E-state index in [1.165, 1.54) is 0 Å². The molecule has 1 aromatic carbocycles. The lowest BCUT2D eigenvalue weighted by atomic mass is 9.94. The van der Waals surface area contributed by atoms with Crippen molar-refractivity contribution in [3.05, 3.63) is 29.8 Å². The maximum atomic E-state index is 12.2. The molecule has 1 fully saturated rings. The molecule has 0 saturated carbocycles. The summed E-state index contributed by atoms with van der Waals surface area (Å²) in [6, 6.07) is 7.97. The van der Waals surface area contributed by atoms with Crippen LogP contribution in [-0.4, -0.2) is 25.1 Å². The van der Waals surface area contributed by atoms with Gasteiger partial charge in [0.25, 0.3) is 0 Å². The first-order chi connectivity index (χ1) is 10.5. The van der Waals surface area contributed by atoms with Crippen LogP contribution in [0.15, 0.2) is 24.3 Å². The number of halogens is 1. The Balaban J connectivity index is 0.00000264. The highest BCUT2D eigenvalue weighted by molar-refractivity contribution is 5.85. The molecule has 1 aromatic rings. The molecule has 0 aliphatic carbocycles. The average Bonchev–Trinajstić information content (AvgIpc) is 2.47. The number of hydrogen-bond acceptors (Lipinski definition) is 3. The van der Waals surface area contributed by atoms with Crippen LogP contribution < -0.4 is 15.4 Å². The van der Waals surface area contributed by atoms with Gasteiger partial charge in [0.05, 0.1) is 12.1 Å². The van der Waals surface area contributed by atoms with Crippen molar-refractivity contribution in [2.45, 2.75) is 52.2 Å². The van der Waals surface area contributed by atoms with E-state index >= 15 is 0 Å². The molecule has 2 rings (SSSR count). The van der Waals surface area contributed by atoms with Crippen LogP contribution in [0, 0.1) is 5.92 Å². The summed E-state index contributed by atoms with van der Waals surface area (Å²) in [6.45, 7) is 8.10. The fourth-order valence-corrected chi connectivity index (χ4v) is 2.86. The molecule has 0 bridgehead atoms. The number of piperidine rings is 1. The van der Waals surface area contributed by atoms with Crippen molar-refractivity contribution < 1.29 is 9.53 Å². The van der Waals surface area contributed by atoms with Crippen molar-refractivity contribution in [1.29, 1.82) is 0 Å². The second-order valence-corrected chi connectivity index (χ2v) is 6.43. The topological polar surface area (TPSA) is 50.4 Å². The Morgan fingerprint density at radius 1 is 1.30 bits per heavy atom. The lowest BCUT2D eigenvalue weighted by Crippen LogP contribution is -2.33. The van der Waals surface area contributed by atoms with Crippen LogP contribution >= 0.6 is 12.4 Å². The van der Waals surface area contributed by atoms with Crippen LogP contribution in [0.1, 0.15) is 51.6 Å². The van der Waals surface area contributed by atoms with Gasteiger partial charge in [-0.3, -0.25) is 4.79 Å². The Bertz CT molecular complexity index is 488. The highest BCUT2D eigenvalue weighted by Crippen LogP contribution is 2.21. The number of rotatable bonds is 6. The third kappa shape index (κ3) is 6.80. The summed E-state index contributed by atoms with van der Waals surface area (Å²) in [5.74, 6) is 1.52. The summed E-state index contributed by atoms with van der Waals surface area (Å²) in [7, 11) is 0. The summed E-state index contributed by atoms with van der Waals surface area (Å²) in [5, 5.41) is 6.44. The zero-order valence-electron chi connectivity index (χ0n) is 14.3. The van der Waals surface area contributed by atoms with Crippen LogP contribution in [-0.2, 0) is 4.79 Å². The normalized spacial score (nSPS) is 16.5. The molecule has 2 N–H and O–H groups in total. The van der Waals surface area contributed by atoms with Gasteiger partial charge in [-0.15, -0.1) is 12.4 Å². The van der Waals surface area contributed by atoms with Crippen LogP contribution in [0.5, 0.6) is 5.75 Å². The van der Waals surface area contributed by atoms with Crippen molar-refractivity contribution >= 4 is 18.3 Å². The van der Waals surface area contributed by atoms with E-state index in [1.54, 1.807) is 0 Å². The molecule has 1 aliphatic heterocycles. The number of carbonyl (C=O) groups excluding carboxylic acids is 1. The summed E-state index contributed by atoms with van der Waals surface area (Å²) in [4.78, 5) is 12.2. The number of ether oxygens (including phenoxy) is 1. The SMILES string of the molecule is CC(C)Oc1cccc(C(C)NC(=O)CC2CCNCC2)c1.Cl. The summed E-state index contributed by atoms with van der Waals surface area (Å²) >= 11 is 0. The minimum Gasteiger partial charge on any atom is -0.491 e. The molecule has 0 spiro atoms. The Hall–Kier alpha value is -1.26. The van der Waals surface area contributed by atoms with Gasteiger partial charge in [0.1, 0.15) is 5.75 Å². The Morgan fingerprint density at radius 2 is 2.00 bits per heavy atom. The van der Waals surface area contributed by atoms with Gasteiger partial charge < -0.3 is 15.4 Å². The van der Waals surface area contributed by atoms with Gasteiger partial charge in [-0.25, -0.2) is 0 Å². The van der Waals surface area contributed by atoms with Crippen LogP contribution in [0.25, 0.3) is 0 Å². The van der Waals surface area contributed by atoms with E-state index in [0.717, 1.165) is 37.2 Å². The van der Waals surface area contributed by atoms with Gasteiger partial charge in [0.2, 0.25) is 5.91 Å². The highest BCUT2D eigenvalue weighted by atomic mass is 35.5. The first kappa shape index (κ1) is 19.8. The predicted molar refractivity (Wildman–Crippen MR) is 96.2 cm³/mol. The first-order valence-electron chi connectivity index (χ1n) is 8.31. The first-order valence-corrected chi connectivity index (χ1v) is 8.31. The van der Waals surface area contributed by atoms with Gasteiger partial charge in [-0.2, -0.15) is 0 Å². The van der Waals surface area contributed by atoms with Crippen molar-refractivity contribution in [2.75, 3.05) is 13.1 Å². The second kappa shape index (κ2) is 9.78. The molecule has 1 unspecified atom stereocenters. The van der Waals surface area contributed by atoms with Gasteiger partial charge >= 0.3 is 0 Å². The van der Waals surface area contributed by atoms with Gasteiger partial charge in [0, 0.05) is 6.42 Å². The van der Waals surface area contributed by atoms with Gasteiger partial charge in [-0.05, 0) is 70.3 Å². The third-order valence-electron chi connectivity index (χ3n) is 4.04. The fraction of sp³-hybridized carbons (Fsp3) is 0.611. The maximum absolute atomic E-state index is 12.2. The molecule has 1 amide bonds. The van der Waals surface area contributed by atoms with Crippen molar-refractivity contribution in [3.8, 4) is 5.75 Å². The van der Waals surface area contributed by atoms with E-state index in [-0.39, 0.29) is 30.5 Å². The highest BCUT2D eigenvalue weighted by Gasteiger charge is 2.18. The van der Waals surface area contributed by atoms with Crippen LogP contribution in [0.2, 0.25) is 0 Å². The largest absolute Gasteiger partial charge is 0.491 e. The monoisotopic (exact) mass is 340 g/mol. The maximum Gasteiger partial charge on any atom is 0.220 e. The number of hydrogen-bond donors (Lipinski definition) is 2. The van der Waals surface area contributed by atoms with Crippen molar-refractivity contribution in [2.24, 2.45) is 5.92 Å². The standard InChI is InChI=1S/C18H28N2O2.ClH/c1-13(2)22-17-6-4-5-16(12-17)14(3)20-18(21)11-15-7-9-19-10-8-15;/h4-6,12-15,19H,7-11H2,1-3H3,(H,20,21);1H. The minimum absolute atomic E-state index is 0. The van der Waals surface area contributed by atoms with Crippen LogP contribution in [0.3, 0.4) is 0 Å². The van der Waals surface area contributed by atoms with Crippen molar-refractivity contribution in [1.82, 2.24) is 10.6 Å².